The molecule has 3 N–H and O–H groups in total. The van der Waals surface area contributed by atoms with E-state index in [0.717, 1.165) is 59.5 Å². The van der Waals surface area contributed by atoms with Crippen molar-refractivity contribution < 1.29 is 9.47 Å². The Hall–Kier alpha value is -3.58. The summed E-state index contributed by atoms with van der Waals surface area (Å²) in [5.74, 6) is 1.65. The number of piperazine rings is 1. The normalized spacial score (nSPS) is 13.5. The molecule has 4 aromatic rings. The molecule has 1 saturated heterocycles. The molecule has 7 nitrogen and oxygen atoms in total. The van der Waals surface area contributed by atoms with E-state index in [0.29, 0.717) is 5.69 Å². The van der Waals surface area contributed by atoms with Crippen molar-refractivity contribution in [3.63, 3.8) is 0 Å². The molecule has 0 radical (unpaired) electrons. The second-order valence-electron chi connectivity index (χ2n) is 7.25. The fourth-order valence-electron chi connectivity index (χ4n) is 3.72. The highest BCUT2D eigenvalue weighted by Crippen LogP contribution is 2.30. The summed E-state index contributed by atoms with van der Waals surface area (Å²) in [4.78, 5) is 11.1. The summed E-state index contributed by atoms with van der Waals surface area (Å²) >= 11 is 0. The molecule has 0 saturated carbocycles. The number of nitrogens with two attached hydrogens (primary N) is 1. The Morgan fingerprint density at radius 1 is 0.839 bits per heavy atom. The lowest BCUT2D eigenvalue weighted by Gasteiger charge is -2.30. The lowest BCUT2D eigenvalue weighted by molar-refractivity contribution is 0.415. The van der Waals surface area contributed by atoms with E-state index < -0.39 is 0 Å². The Morgan fingerprint density at radius 2 is 1.42 bits per heavy atom. The van der Waals surface area contributed by atoms with Crippen molar-refractivity contribution in [3.8, 4) is 11.5 Å². The predicted octanol–water partition coefficient (Wildman–Crippen LogP) is 3.48. The molecule has 1 aliphatic heterocycles. The van der Waals surface area contributed by atoms with Crippen LogP contribution in [0.1, 0.15) is 0 Å². The van der Waals surface area contributed by atoms with Gasteiger partial charge in [0.05, 0.1) is 36.6 Å². The zero-order valence-electron chi connectivity index (χ0n) is 17.8. The van der Waals surface area contributed by atoms with Crippen molar-refractivity contribution >= 4 is 33.2 Å². The van der Waals surface area contributed by atoms with Crippen LogP contribution in [0.4, 0.5) is 11.4 Å². The summed E-state index contributed by atoms with van der Waals surface area (Å²) in [6.45, 7) is 4.06. The number of aromatic nitrogens is 2. The Morgan fingerprint density at radius 3 is 2.06 bits per heavy atom. The first-order valence-electron chi connectivity index (χ1n) is 10.3. The fourth-order valence-corrected chi connectivity index (χ4v) is 3.72. The molecule has 5 rings (SSSR count). The second kappa shape index (κ2) is 9.49. The number of nitrogens with one attached hydrogen (secondary N) is 1. The first-order valence-corrected chi connectivity index (χ1v) is 10.3. The Kier molecular flexibility index (Phi) is 6.33. The zero-order valence-corrected chi connectivity index (χ0v) is 17.8. The van der Waals surface area contributed by atoms with Crippen molar-refractivity contribution in [2.45, 2.75) is 0 Å². The van der Waals surface area contributed by atoms with E-state index in [2.05, 4.69) is 32.3 Å². The first kappa shape index (κ1) is 20.7. The molecule has 0 atom stereocenters. The van der Waals surface area contributed by atoms with Crippen LogP contribution in [0.15, 0.2) is 60.9 Å². The molecule has 0 unspecified atom stereocenters. The predicted molar refractivity (Wildman–Crippen MR) is 126 cm³/mol. The minimum Gasteiger partial charge on any atom is -0.497 e. The molecule has 1 fully saturated rings. The Balaban J connectivity index is 0.000000158. The van der Waals surface area contributed by atoms with Gasteiger partial charge in [0.2, 0.25) is 0 Å². The molecule has 3 heterocycles. The highest BCUT2D eigenvalue weighted by molar-refractivity contribution is 5.92. The van der Waals surface area contributed by atoms with Crippen molar-refractivity contribution in [2.24, 2.45) is 0 Å². The summed E-state index contributed by atoms with van der Waals surface area (Å²) in [5, 5.41) is 5.50. The molecule has 2 aromatic carbocycles. The summed E-state index contributed by atoms with van der Waals surface area (Å²) in [7, 11) is 3.33. The lowest BCUT2D eigenvalue weighted by Crippen LogP contribution is -2.43. The number of nitrogen functional groups attached to an aromatic ring is 1. The molecule has 1 aliphatic rings. The van der Waals surface area contributed by atoms with Crippen molar-refractivity contribution in [3.05, 3.63) is 60.9 Å². The molecule has 0 spiro atoms. The number of ether oxygens (including phenoxy) is 2. The van der Waals surface area contributed by atoms with Crippen LogP contribution in [0.5, 0.6) is 11.5 Å². The highest BCUT2D eigenvalue weighted by Gasteiger charge is 2.15. The van der Waals surface area contributed by atoms with Crippen LogP contribution in [0.2, 0.25) is 0 Å². The number of hydrogen-bond donors (Lipinski definition) is 2. The van der Waals surface area contributed by atoms with Crippen LogP contribution in [0, 0.1) is 0 Å². The van der Waals surface area contributed by atoms with Crippen LogP contribution >= 0.6 is 0 Å². The Labute approximate surface area is 181 Å². The van der Waals surface area contributed by atoms with E-state index in [1.54, 1.807) is 26.5 Å². The van der Waals surface area contributed by atoms with E-state index in [9.17, 15) is 0 Å². The van der Waals surface area contributed by atoms with Crippen molar-refractivity contribution in [1.29, 1.82) is 0 Å². The molecular formula is C24H27N5O2. The van der Waals surface area contributed by atoms with E-state index in [4.69, 9.17) is 15.2 Å². The van der Waals surface area contributed by atoms with Gasteiger partial charge in [-0.3, -0.25) is 9.97 Å². The largest absolute Gasteiger partial charge is 0.497 e. The molecule has 0 amide bonds. The number of hydrogen-bond acceptors (Lipinski definition) is 7. The first-order chi connectivity index (χ1) is 15.2. The van der Waals surface area contributed by atoms with Crippen LogP contribution in [-0.4, -0.2) is 50.4 Å². The maximum atomic E-state index is 5.79. The van der Waals surface area contributed by atoms with Gasteiger partial charge in [-0.25, -0.2) is 0 Å². The average molecular weight is 418 g/mol. The minimum absolute atomic E-state index is 0.648. The van der Waals surface area contributed by atoms with Gasteiger partial charge in [0.15, 0.2) is 0 Å². The fraction of sp³-hybridized carbons (Fsp3) is 0.250. The minimum atomic E-state index is 0.648. The average Bonchev–Trinajstić information content (AvgIpc) is 2.84. The van der Waals surface area contributed by atoms with Gasteiger partial charge in [0.25, 0.3) is 0 Å². The summed E-state index contributed by atoms with van der Waals surface area (Å²) in [6, 6.07) is 15.7. The van der Waals surface area contributed by atoms with E-state index in [1.165, 1.54) is 5.69 Å². The van der Waals surface area contributed by atoms with Gasteiger partial charge in [-0.1, -0.05) is 12.1 Å². The summed E-state index contributed by atoms with van der Waals surface area (Å²) in [6.07, 6.45) is 3.58. The smallest absolute Gasteiger partial charge is 0.121 e. The third kappa shape index (κ3) is 4.62. The van der Waals surface area contributed by atoms with Gasteiger partial charge in [0, 0.05) is 61.5 Å². The van der Waals surface area contributed by atoms with Gasteiger partial charge < -0.3 is 25.4 Å². The second-order valence-corrected chi connectivity index (χ2v) is 7.25. The van der Waals surface area contributed by atoms with Crippen LogP contribution in [0.3, 0.4) is 0 Å². The van der Waals surface area contributed by atoms with E-state index in [-0.39, 0.29) is 0 Å². The molecule has 160 valence electrons. The van der Waals surface area contributed by atoms with Crippen LogP contribution < -0.4 is 25.4 Å². The zero-order chi connectivity index (χ0) is 21.6. The number of anilines is 2. The van der Waals surface area contributed by atoms with Gasteiger partial charge in [-0.2, -0.15) is 0 Å². The third-order valence-corrected chi connectivity index (χ3v) is 5.30. The van der Waals surface area contributed by atoms with Gasteiger partial charge in [-0.15, -0.1) is 0 Å². The summed E-state index contributed by atoms with van der Waals surface area (Å²) < 4.78 is 10.5. The molecular weight excluding hydrogens is 390 g/mol. The van der Waals surface area contributed by atoms with E-state index >= 15 is 0 Å². The maximum Gasteiger partial charge on any atom is 0.121 e. The molecule has 2 aromatic heterocycles. The molecule has 0 aliphatic carbocycles. The number of benzene rings is 2. The topological polar surface area (TPSA) is 85.5 Å². The number of fused-ring (bicyclic) bond motifs is 2. The quantitative estimate of drug-likeness (QED) is 0.494. The summed E-state index contributed by atoms with van der Waals surface area (Å²) in [5.41, 5.74) is 9.49. The van der Waals surface area contributed by atoms with Crippen molar-refractivity contribution in [1.82, 2.24) is 15.3 Å². The van der Waals surface area contributed by atoms with Crippen LogP contribution in [0.25, 0.3) is 21.8 Å². The molecule has 7 heteroatoms. The van der Waals surface area contributed by atoms with E-state index in [1.807, 2.05) is 36.5 Å². The van der Waals surface area contributed by atoms with Gasteiger partial charge >= 0.3 is 0 Å². The maximum absolute atomic E-state index is 5.79. The standard InChI is InChI=1S/C14H17N3O.C10H10N2O/c1-18-12-9-11-3-2-4-16-14(11)13(10-12)17-7-5-15-6-8-17;1-13-8-5-7-3-2-4-12-10(7)9(11)6-8/h2-4,9-10,15H,5-8H2,1H3;2-6H,11H2,1H3. The number of rotatable bonds is 3. The monoisotopic (exact) mass is 417 g/mol. The Bertz CT molecular complexity index is 1180. The van der Waals surface area contributed by atoms with Crippen molar-refractivity contribution in [2.75, 3.05) is 51.0 Å². The number of nitrogens with zero attached hydrogens (tertiary/aromatic N) is 3. The van der Waals surface area contributed by atoms with Crippen LogP contribution in [-0.2, 0) is 0 Å². The molecule has 31 heavy (non-hydrogen) atoms. The lowest BCUT2D eigenvalue weighted by atomic mass is 10.1. The SMILES string of the molecule is COc1cc(N)c2ncccc2c1.COc1cc(N2CCNCC2)c2ncccc2c1. The van der Waals surface area contributed by atoms with Gasteiger partial charge in [-0.05, 0) is 24.3 Å². The number of pyridine rings is 2. The van der Waals surface area contributed by atoms with Gasteiger partial charge in [0.1, 0.15) is 11.5 Å². The molecule has 0 bridgehead atoms. The highest BCUT2D eigenvalue weighted by atomic mass is 16.5. The number of methoxy groups -OCH3 is 2. The third-order valence-electron chi connectivity index (χ3n) is 5.30.